The molecular formula is C18H20FN3O5S. The summed E-state index contributed by atoms with van der Waals surface area (Å²) in [5.41, 5.74) is -0.844. The van der Waals surface area contributed by atoms with E-state index in [4.69, 9.17) is 4.42 Å². The first-order valence-electron chi connectivity index (χ1n) is 8.53. The van der Waals surface area contributed by atoms with Gasteiger partial charge in [0.2, 0.25) is 5.09 Å². The summed E-state index contributed by atoms with van der Waals surface area (Å²) >= 11 is 0. The van der Waals surface area contributed by atoms with Crippen molar-refractivity contribution >= 4 is 22.0 Å². The predicted molar refractivity (Wildman–Crippen MR) is 97.0 cm³/mol. The molecule has 1 aromatic carbocycles. The standard InChI is InChI=1S/C18H20FN3O5S/c1-4-18(12-5-7-13(19)8-6-12)16(23)22(17(24)20-18)11-14-9-10-15(27-14)28(25,26)21(2)3/h5-10H,4,11H2,1-3H3,(H,20,24)/t18-/m1/s1. The highest BCUT2D eigenvalue weighted by Crippen LogP contribution is 2.33. The lowest BCUT2D eigenvalue weighted by Gasteiger charge is -2.25. The first kappa shape index (κ1) is 20.0. The highest BCUT2D eigenvalue weighted by Gasteiger charge is 2.51. The van der Waals surface area contributed by atoms with Crippen LogP contribution in [0.4, 0.5) is 9.18 Å². The first-order chi connectivity index (χ1) is 13.1. The van der Waals surface area contributed by atoms with Crippen LogP contribution in [-0.2, 0) is 26.9 Å². The van der Waals surface area contributed by atoms with Gasteiger partial charge in [0.1, 0.15) is 17.1 Å². The molecule has 0 unspecified atom stereocenters. The van der Waals surface area contributed by atoms with E-state index in [1.165, 1.54) is 50.5 Å². The second kappa shape index (κ2) is 7.02. The summed E-state index contributed by atoms with van der Waals surface area (Å²) in [6.45, 7) is 1.51. The predicted octanol–water partition coefficient (Wildman–Crippen LogP) is 2.03. The van der Waals surface area contributed by atoms with Crippen LogP contribution in [0.1, 0.15) is 24.7 Å². The maximum Gasteiger partial charge on any atom is 0.325 e. The number of sulfonamides is 1. The van der Waals surface area contributed by atoms with Crippen LogP contribution < -0.4 is 5.32 Å². The number of urea groups is 1. The van der Waals surface area contributed by atoms with E-state index in [9.17, 15) is 22.4 Å². The first-order valence-corrected chi connectivity index (χ1v) is 9.97. The van der Waals surface area contributed by atoms with Crippen LogP contribution in [0, 0.1) is 5.82 Å². The molecule has 3 amide bonds. The number of hydrogen-bond donors (Lipinski definition) is 1. The van der Waals surface area contributed by atoms with Crippen molar-refractivity contribution < 1.29 is 26.8 Å². The minimum atomic E-state index is -3.76. The van der Waals surface area contributed by atoms with Gasteiger partial charge in [-0.3, -0.25) is 9.69 Å². The summed E-state index contributed by atoms with van der Waals surface area (Å²) in [6, 6.07) is 7.39. The van der Waals surface area contributed by atoms with Crippen molar-refractivity contribution in [3.63, 3.8) is 0 Å². The molecule has 1 fully saturated rings. The molecule has 0 saturated carbocycles. The van der Waals surface area contributed by atoms with Gasteiger partial charge >= 0.3 is 6.03 Å². The lowest BCUT2D eigenvalue weighted by molar-refractivity contribution is -0.132. The number of hydrogen-bond acceptors (Lipinski definition) is 5. The number of carbonyl (C=O) groups excluding carboxylic acids is 2. The molecule has 0 bridgehead atoms. The van der Waals surface area contributed by atoms with E-state index in [0.29, 0.717) is 5.56 Å². The normalized spacial score (nSPS) is 20.1. The smallest absolute Gasteiger partial charge is 0.325 e. The maximum atomic E-state index is 13.2. The third kappa shape index (κ3) is 3.18. The molecule has 1 aromatic heterocycles. The van der Waals surface area contributed by atoms with Gasteiger partial charge in [0.05, 0.1) is 6.54 Å². The maximum absolute atomic E-state index is 13.2. The minimum Gasteiger partial charge on any atom is -0.446 e. The van der Waals surface area contributed by atoms with Crippen molar-refractivity contribution in [3.05, 3.63) is 53.5 Å². The third-order valence-corrected chi connectivity index (χ3v) is 6.42. The molecule has 1 atom stereocenters. The zero-order valence-corrected chi connectivity index (χ0v) is 16.4. The zero-order chi connectivity index (χ0) is 20.7. The average Bonchev–Trinajstić information content (AvgIpc) is 3.22. The summed E-state index contributed by atoms with van der Waals surface area (Å²) in [7, 11) is -1.03. The molecule has 0 aliphatic carbocycles. The minimum absolute atomic E-state index is 0.148. The lowest BCUT2D eigenvalue weighted by Crippen LogP contribution is -2.43. The van der Waals surface area contributed by atoms with Crippen LogP contribution in [0.3, 0.4) is 0 Å². The van der Waals surface area contributed by atoms with E-state index in [2.05, 4.69) is 5.32 Å². The number of carbonyl (C=O) groups is 2. The Morgan fingerprint density at radius 2 is 1.79 bits per heavy atom. The summed E-state index contributed by atoms with van der Waals surface area (Å²) in [5, 5.41) is 2.40. The van der Waals surface area contributed by atoms with E-state index in [1.807, 2.05) is 0 Å². The van der Waals surface area contributed by atoms with Crippen LogP contribution >= 0.6 is 0 Å². The van der Waals surface area contributed by atoms with Gasteiger partial charge in [-0.05, 0) is 36.2 Å². The Balaban J connectivity index is 1.88. The molecule has 2 heterocycles. The Morgan fingerprint density at radius 3 is 2.36 bits per heavy atom. The Labute approximate surface area is 162 Å². The molecule has 3 rings (SSSR count). The molecule has 8 nitrogen and oxygen atoms in total. The van der Waals surface area contributed by atoms with Gasteiger partial charge in [-0.15, -0.1) is 0 Å². The number of amides is 3. The van der Waals surface area contributed by atoms with Crippen LogP contribution in [0.5, 0.6) is 0 Å². The van der Waals surface area contributed by atoms with E-state index in [0.717, 1.165) is 9.21 Å². The van der Waals surface area contributed by atoms with Crippen LogP contribution in [0.15, 0.2) is 45.9 Å². The number of furan rings is 1. The number of halogens is 1. The largest absolute Gasteiger partial charge is 0.446 e. The van der Waals surface area contributed by atoms with Crippen LogP contribution in [0.25, 0.3) is 0 Å². The lowest BCUT2D eigenvalue weighted by atomic mass is 9.87. The molecule has 1 N–H and O–H groups in total. The van der Waals surface area contributed by atoms with Crippen molar-refractivity contribution in [2.24, 2.45) is 0 Å². The summed E-state index contributed by atoms with van der Waals surface area (Å²) in [6.07, 6.45) is 0.262. The monoisotopic (exact) mass is 409 g/mol. The van der Waals surface area contributed by atoms with Crippen molar-refractivity contribution in [1.29, 1.82) is 0 Å². The van der Waals surface area contributed by atoms with Crippen molar-refractivity contribution in [2.75, 3.05) is 14.1 Å². The zero-order valence-electron chi connectivity index (χ0n) is 15.6. The highest BCUT2D eigenvalue weighted by atomic mass is 32.2. The summed E-state index contributed by atoms with van der Waals surface area (Å²) in [5.74, 6) is -0.816. The van der Waals surface area contributed by atoms with Gasteiger partial charge in [-0.1, -0.05) is 19.1 Å². The van der Waals surface area contributed by atoms with Crippen molar-refractivity contribution in [2.45, 2.75) is 30.5 Å². The second-order valence-electron chi connectivity index (χ2n) is 6.60. The summed E-state index contributed by atoms with van der Waals surface area (Å²) < 4.78 is 43.8. The van der Waals surface area contributed by atoms with E-state index < -0.39 is 33.3 Å². The van der Waals surface area contributed by atoms with Gasteiger partial charge in [-0.2, -0.15) is 0 Å². The third-order valence-electron chi connectivity index (χ3n) is 4.73. The van der Waals surface area contributed by atoms with Gasteiger partial charge in [-0.25, -0.2) is 21.9 Å². The molecular weight excluding hydrogens is 389 g/mol. The Bertz CT molecular complexity index is 1020. The van der Waals surface area contributed by atoms with E-state index >= 15 is 0 Å². The van der Waals surface area contributed by atoms with Crippen molar-refractivity contribution in [3.8, 4) is 0 Å². The Hall–Kier alpha value is -2.72. The number of nitrogens with zero attached hydrogens (tertiary/aromatic N) is 2. The van der Waals surface area contributed by atoms with Gasteiger partial charge in [0, 0.05) is 14.1 Å². The van der Waals surface area contributed by atoms with E-state index in [-0.39, 0.29) is 23.8 Å². The van der Waals surface area contributed by atoms with Crippen molar-refractivity contribution in [1.82, 2.24) is 14.5 Å². The highest BCUT2D eigenvalue weighted by molar-refractivity contribution is 7.88. The van der Waals surface area contributed by atoms with Gasteiger partial charge in [0.25, 0.3) is 15.9 Å². The average molecular weight is 409 g/mol. The fourth-order valence-corrected chi connectivity index (χ4v) is 3.87. The number of benzene rings is 1. The number of imide groups is 1. The topological polar surface area (TPSA) is 99.9 Å². The molecule has 10 heteroatoms. The molecule has 1 aliphatic heterocycles. The molecule has 1 aliphatic rings. The Kier molecular flexibility index (Phi) is 5.02. The van der Waals surface area contributed by atoms with Crippen LogP contribution in [-0.4, -0.2) is 43.7 Å². The SMILES string of the molecule is CC[C@]1(c2ccc(F)cc2)NC(=O)N(Cc2ccc(S(=O)(=O)N(C)C)o2)C1=O. The molecule has 1 saturated heterocycles. The van der Waals surface area contributed by atoms with E-state index in [1.54, 1.807) is 6.92 Å². The molecule has 0 spiro atoms. The second-order valence-corrected chi connectivity index (χ2v) is 8.68. The molecule has 0 radical (unpaired) electrons. The fraction of sp³-hybridized carbons (Fsp3) is 0.333. The van der Waals surface area contributed by atoms with Crippen LogP contribution in [0.2, 0.25) is 0 Å². The Morgan fingerprint density at radius 1 is 1.14 bits per heavy atom. The van der Waals surface area contributed by atoms with Gasteiger partial charge in [0.15, 0.2) is 0 Å². The molecule has 28 heavy (non-hydrogen) atoms. The molecule has 150 valence electrons. The van der Waals surface area contributed by atoms with Gasteiger partial charge < -0.3 is 9.73 Å². The fourth-order valence-electron chi connectivity index (χ4n) is 3.06. The number of nitrogens with one attached hydrogen (secondary N) is 1. The quantitative estimate of drug-likeness (QED) is 0.736. The molecule has 2 aromatic rings. The number of rotatable bonds is 6. The summed E-state index contributed by atoms with van der Waals surface area (Å²) in [4.78, 5) is 26.5.